The Balaban J connectivity index is 2.41. The molecule has 0 bridgehead atoms. The molecule has 1 aromatic carbocycles. The van der Waals surface area contributed by atoms with Crippen molar-refractivity contribution in [3.8, 4) is 0 Å². The summed E-state index contributed by atoms with van der Waals surface area (Å²) in [5.41, 5.74) is -1.65. The third-order valence-corrected chi connectivity index (χ3v) is 3.44. The van der Waals surface area contributed by atoms with E-state index in [1.807, 2.05) is 0 Å². The van der Waals surface area contributed by atoms with E-state index in [-0.39, 0.29) is 0 Å². The molecule has 15 heteroatoms. The molecule has 1 heterocycles. The van der Waals surface area contributed by atoms with Gasteiger partial charge in [0.05, 0.1) is 4.92 Å². The van der Waals surface area contributed by atoms with Crippen molar-refractivity contribution in [2.45, 2.75) is 29.7 Å². The zero-order valence-electron chi connectivity index (χ0n) is 12.3. The lowest BCUT2D eigenvalue weighted by Gasteiger charge is -2.31. The summed E-state index contributed by atoms with van der Waals surface area (Å²) in [6.45, 7) is 0. The molecule has 27 heavy (non-hydrogen) atoms. The van der Waals surface area contributed by atoms with Crippen molar-refractivity contribution in [2.24, 2.45) is 0 Å². The Kier molecular flexibility index (Phi) is 4.38. The van der Waals surface area contributed by atoms with Crippen LogP contribution in [0.25, 0.3) is 0 Å². The first-order valence-electron chi connectivity index (χ1n) is 6.47. The number of nitrogens with one attached hydrogen (secondary N) is 1. The van der Waals surface area contributed by atoms with E-state index in [9.17, 15) is 54.4 Å². The predicted octanol–water partition coefficient (Wildman–Crippen LogP) is 3.73. The third kappa shape index (κ3) is 2.67. The number of hydrogen-bond donors (Lipinski definition) is 1. The second-order valence-electron chi connectivity index (χ2n) is 5.20. The molecule has 0 unspecified atom stereocenters. The second kappa shape index (κ2) is 5.71. The van der Waals surface area contributed by atoms with Gasteiger partial charge in [0.15, 0.2) is 0 Å². The molecule has 2 rings (SSSR count). The van der Waals surface area contributed by atoms with Crippen LogP contribution in [0.4, 0.5) is 50.9 Å². The highest BCUT2D eigenvalue weighted by atomic mass is 19.4. The number of ether oxygens (including phenoxy) is 1. The first-order valence-corrected chi connectivity index (χ1v) is 6.47. The zero-order valence-corrected chi connectivity index (χ0v) is 12.3. The summed E-state index contributed by atoms with van der Waals surface area (Å²) in [6, 6.07) is 2.79. The van der Waals surface area contributed by atoms with Crippen LogP contribution in [-0.4, -0.2) is 40.6 Å². The molecule has 1 N–H and O–H groups in total. The number of carbonyl (C=O) groups excluding carboxylic acids is 1. The van der Waals surface area contributed by atoms with Gasteiger partial charge in [0, 0.05) is 17.8 Å². The van der Waals surface area contributed by atoms with E-state index in [0.717, 1.165) is 17.4 Å². The molecule has 150 valence electrons. The van der Waals surface area contributed by atoms with E-state index in [1.165, 1.54) is 0 Å². The minimum absolute atomic E-state index is 0.426. The molecule has 1 amide bonds. The maximum Gasteiger partial charge on any atom is 0.428 e. The molecule has 6 nitrogen and oxygen atoms in total. The normalized spacial score (nSPS) is 25.8. The molecule has 0 radical (unpaired) electrons. The summed E-state index contributed by atoms with van der Waals surface area (Å²) in [7, 11) is 0. The van der Waals surface area contributed by atoms with E-state index >= 15 is 0 Å². The van der Waals surface area contributed by atoms with Gasteiger partial charge >= 0.3 is 35.6 Å². The number of anilines is 1. The highest BCUT2D eigenvalue weighted by Crippen LogP contribution is 2.64. The average Bonchev–Trinajstić information content (AvgIpc) is 2.62. The van der Waals surface area contributed by atoms with Crippen LogP contribution in [0.5, 0.6) is 0 Å². The summed E-state index contributed by atoms with van der Waals surface area (Å²) in [6.07, 6.45) is -6.36. The van der Waals surface area contributed by atoms with Crippen molar-refractivity contribution < 1.29 is 54.0 Å². The van der Waals surface area contributed by atoms with Gasteiger partial charge in [-0.25, -0.2) is 0 Å². The van der Waals surface area contributed by atoms with E-state index in [4.69, 9.17) is 0 Å². The number of nitrogens with zero attached hydrogens (tertiary/aromatic N) is 1. The molecule has 1 aromatic rings. The largest absolute Gasteiger partial charge is 0.428 e. The van der Waals surface area contributed by atoms with Gasteiger partial charge in [0.1, 0.15) is 0 Å². The molecule has 1 saturated heterocycles. The fourth-order valence-corrected chi connectivity index (χ4v) is 2.00. The van der Waals surface area contributed by atoms with Crippen LogP contribution < -0.4 is 5.32 Å². The first kappa shape index (κ1) is 20.7. The maximum atomic E-state index is 14.0. The number of benzene rings is 1. The Labute approximate surface area is 142 Å². The van der Waals surface area contributed by atoms with Crippen LogP contribution >= 0.6 is 0 Å². The van der Waals surface area contributed by atoms with E-state index in [0.29, 0.717) is 12.1 Å². The second-order valence-corrected chi connectivity index (χ2v) is 5.20. The quantitative estimate of drug-likeness (QED) is 0.464. The topological polar surface area (TPSA) is 81.5 Å². The number of nitro benzene ring substituents is 1. The van der Waals surface area contributed by atoms with E-state index in [2.05, 4.69) is 4.74 Å². The van der Waals surface area contributed by atoms with Crippen molar-refractivity contribution >= 4 is 17.3 Å². The van der Waals surface area contributed by atoms with Gasteiger partial charge in [-0.05, 0) is 6.07 Å². The monoisotopic (exact) mass is 412 g/mol. The van der Waals surface area contributed by atoms with Crippen LogP contribution in [0, 0.1) is 10.1 Å². The minimum Gasteiger partial charge on any atom is -0.320 e. The van der Waals surface area contributed by atoms with Gasteiger partial charge in [0.25, 0.3) is 5.69 Å². The SMILES string of the molecule is O=C(Nc1cccc([N+](=O)[O-])c1)C(F)(F)[C@@]1(F)OC(F)(F)C(F)(F)C1(F)F. The van der Waals surface area contributed by atoms with Gasteiger partial charge in [-0.15, -0.1) is 0 Å². The standard InChI is InChI=1S/C12H5F9N2O4/c13-8(14,7(24)22-5-2-1-3-6(4-5)23(25)26)11(19)9(15,16)10(17,18)12(20,21)27-11/h1-4H,(H,22,24)/t11-/m1/s1. The van der Waals surface area contributed by atoms with Crippen molar-refractivity contribution in [3.63, 3.8) is 0 Å². The Morgan fingerprint density at radius 1 is 1.07 bits per heavy atom. The highest BCUT2D eigenvalue weighted by molar-refractivity contribution is 5.97. The lowest BCUT2D eigenvalue weighted by Crippen LogP contribution is -2.63. The van der Waals surface area contributed by atoms with Crippen molar-refractivity contribution in [2.75, 3.05) is 5.32 Å². The molecular weight excluding hydrogens is 407 g/mol. The smallest absolute Gasteiger partial charge is 0.320 e. The number of nitro groups is 1. The molecule has 1 fully saturated rings. The fourth-order valence-electron chi connectivity index (χ4n) is 2.00. The molecule has 1 aliphatic heterocycles. The highest BCUT2D eigenvalue weighted by Gasteiger charge is 2.96. The number of halogens is 9. The van der Waals surface area contributed by atoms with Crippen LogP contribution in [0.3, 0.4) is 0 Å². The molecule has 0 aliphatic carbocycles. The number of hydrogen-bond acceptors (Lipinski definition) is 4. The van der Waals surface area contributed by atoms with Gasteiger partial charge in [-0.2, -0.15) is 39.5 Å². The number of rotatable bonds is 4. The lowest BCUT2D eigenvalue weighted by atomic mass is 9.99. The van der Waals surface area contributed by atoms with Crippen LogP contribution in [0.2, 0.25) is 0 Å². The minimum atomic E-state index is -6.81. The van der Waals surface area contributed by atoms with Crippen molar-refractivity contribution in [1.82, 2.24) is 0 Å². The molecule has 0 aromatic heterocycles. The van der Waals surface area contributed by atoms with Gasteiger partial charge < -0.3 is 5.32 Å². The Morgan fingerprint density at radius 3 is 2.07 bits per heavy atom. The summed E-state index contributed by atoms with van der Waals surface area (Å²) >= 11 is 0. The number of alkyl halides is 9. The summed E-state index contributed by atoms with van der Waals surface area (Å²) in [4.78, 5) is 20.9. The number of non-ortho nitro benzene ring substituents is 1. The Bertz CT molecular complexity index is 801. The van der Waals surface area contributed by atoms with Crippen LogP contribution in [0.1, 0.15) is 0 Å². The molecular formula is C12H5F9N2O4. The number of carbonyl (C=O) groups is 1. The van der Waals surface area contributed by atoms with Gasteiger partial charge in [-0.1, -0.05) is 6.07 Å². The van der Waals surface area contributed by atoms with Crippen LogP contribution in [0.15, 0.2) is 24.3 Å². The summed E-state index contributed by atoms with van der Waals surface area (Å²) < 4.78 is 122. The van der Waals surface area contributed by atoms with Crippen molar-refractivity contribution in [3.05, 3.63) is 34.4 Å². The molecule has 0 spiro atoms. The maximum absolute atomic E-state index is 14.0. The molecule has 1 aliphatic rings. The van der Waals surface area contributed by atoms with Crippen molar-refractivity contribution in [1.29, 1.82) is 0 Å². The number of amides is 1. The Hall–Kier alpha value is -2.58. The average molecular weight is 412 g/mol. The fraction of sp³-hybridized carbons (Fsp3) is 0.417. The predicted molar refractivity (Wildman–Crippen MR) is 66.4 cm³/mol. The Morgan fingerprint density at radius 2 is 1.63 bits per heavy atom. The third-order valence-electron chi connectivity index (χ3n) is 3.44. The molecule has 1 atom stereocenters. The lowest BCUT2D eigenvalue weighted by molar-refractivity contribution is -0.384. The van der Waals surface area contributed by atoms with Gasteiger partial charge in [0.2, 0.25) is 0 Å². The summed E-state index contributed by atoms with van der Waals surface area (Å²) in [5.74, 6) is -29.3. The van der Waals surface area contributed by atoms with E-state index < -0.39 is 51.9 Å². The van der Waals surface area contributed by atoms with E-state index in [1.54, 1.807) is 0 Å². The molecule has 0 saturated carbocycles. The first-order chi connectivity index (χ1) is 12.0. The van der Waals surface area contributed by atoms with Gasteiger partial charge in [-0.3, -0.25) is 19.6 Å². The van der Waals surface area contributed by atoms with Crippen LogP contribution in [-0.2, 0) is 9.53 Å². The zero-order chi connectivity index (χ0) is 21.1. The summed E-state index contributed by atoms with van der Waals surface area (Å²) in [5, 5.41) is 11.6.